The molecule has 0 amide bonds. The van der Waals surface area contributed by atoms with Gasteiger partial charge in [-0.2, -0.15) is 0 Å². The van der Waals surface area contributed by atoms with E-state index in [1.807, 2.05) is 42.5 Å². The predicted molar refractivity (Wildman–Crippen MR) is 73.8 cm³/mol. The van der Waals surface area contributed by atoms with E-state index in [1.54, 1.807) is 0 Å². The third kappa shape index (κ3) is 1.51. The van der Waals surface area contributed by atoms with Crippen LogP contribution in [0, 0.1) is 0 Å². The van der Waals surface area contributed by atoms with Gasteiger partial charge in [0.15, 0.2) is 0 Å². The molecule has 1 atom stereocenters. The Kier molecular flexibility index (Phi) is 2.36. The van der Waals surface area contributed by atoms with Gasteiger partial charge >= 0.3 is 0 Å². The Morgan fingerprint density at radius 1 is 0.938 bits per heavy atom. The van der Waals surface area contributed by atoms with Crippen molar-refractivity contribution in [3.05, 3.63) is 48.5 Å². The molecule has 1 nitrogen and oxygen atoms in total. The summed E-state index contributed by atoms with van der Waals surface area (Å²) in [5, 5.41) is 0.999. The molecule has 16 heavy (non-hydrogen) atoms. The van der Waals surface area contributed by atoms with E-state index in [0.29, 0.717) is 0 Å². The van der Waals surface area contributed by atoms with Gasteiger partial charge in [-0.15, -0.1) is 0 Å². The molecule has 0 saturated carbocycles. The van der Waals surface area contributed by atoms with Crippen LogP contribution in [-0.2, 0) is 24.1 Å². The molecule has 0 fully saturated rings. The second-order valence-corrected chi connectivity index (χ2v) is 9.04. The first-order valence-corrected chi connectivity index (χ1v) is 8.61. The smallest absolute Gasteiger partial charge is 0.129 e. The van der Waals surface area contributed by atoms with Crippen LogP contribution in [0.1, 0.15) is 0 Å². The minimum Gasteiger partial charge on any atom is -0.702 e. The van der Waals surface area contributed by atoms with Crippen molar-refractivity contribution in [2.75, 3.05) is 0 Å². The summed E-state index contributed by atoms with van der Waals surface area (Å²) in [7, 11) is 0. The van der Waals surface area contributed by atoms with Crippen LogP contribution in [0.15, 0.2) is 48.5 Å². The lowest BCUT2D eigenvalue weighted by molar-refractivity contribution is 0.632. The SMILES string of the molecule is S=P1([S-])Oc2ccccc2-c2ccccc21. The first kappa shape index (κ1) is 10.4. The molecule has 1 aliphatic heterocycles. The van der Waals surface area contributed by atoms with Gasteiger partial charge in [-0.1, -0.05) is 54.3 Å². The zero-order chi connectivity index (χ0) is 11.2. The normalized spacial score (nSPS) is 21.8. The number of para-hydroxylation sites is 1. The molecule has 0 aromatic heterocycles. The highest BCUT2D eigenvalue weighted by Crippen LogP contribution is 2.52. The largest absolute Gasteiger partial charge is 0.702 e. The van der Waals surface area contributed by atoms with Gasteiger partial charge in [0.05, 0.1) is 0 Å². The highest BCUT2D eigenvalue weighted by Gasteiger charge is 2.21. The van der Waals surface area contributed by atoms with Crippen molar-refractivity contribution in [1.82, 2.24) is 0 Å². The molecule has 0 bridgehead atoms. The maximum absolute atomic E-state index is 5.79. The van der Waals surface area contributed by atoms with Crippen molar-refractivity contribution >= 4 is 34.8 Å². The van der Waals surface area contributed by atoms with Gasteiger partial charge in [-0.3, -0.25) is 0 Å². The van der Waals surface area contributed by atoms with Gasteiger partial charge in [0, 0.05) is 16.3 Å². The summed E-state index contributed by atoms with van der Waals surface area (Å²) in [6.45, 7) is 0. The molecule has 1 heterocycles. The first-order chi connectivity index (χ1) is 7.68. The summed E-state index contributed by atoms with van der Waals surface area (Å²) in [4.78, 5) is 0. The van der Waals surface area contributed by atoms with E-state index >= 15 is 0 Å². The Hall–Kier alpha value is -0.760. The van der Waals surface area contributed by atoms with E-state index in [1.165, 1.54) is 0 Å². The highest BCUT2D eigenvalue weighted by atomic mass is 32.9. The Labute approximate surface area is 105 Å². The Balaban J connectivity index is 2.38. The second-order valence-electron chi connectivity index (χ2n) is 3.60. The number of benzene rings is 2. The molecule has 1 aliphatic rings. The van der Waals surface area contributed by atoms with E-state index in [9.17, 15) is 0 Å². The Morgan fingerprint density at radius 2 is 1.56 bits per heavy atom. The standard InChI is InChI=1S/C12H9OPS2/c15-14(16)12-8-4-2-6-10(12)9-5-1-3-7-11(9)13-14/h1-8H,(H,15,16)/p-1. The lowest BCUT2D eigenvalue weighted by Crippen LogP contribution is -2.15. The predicted octanol–water partition coefficient (Wildman–Crippen LogP) is 3.23. The third-order valence-electron chi connectivity index (χ3n) is 2.59. The minimum atomic E-state index is -2.29. The fourth-order valence-corrected chi connectivity index (χ4v) is 4.60. The summed E-state index contributed by atoms with van der Waals surface area (Å²) >= 11 is 10.9. The third-order valence-corrected chi connectivity index (χ3v) is 5.64. The van der Waals surface area contributed by atoms with E-state index < -0.39 is 5.47 Å². The van der Waals surface area contributed by atoms with Gasteiger partial charge < -0.3 is 16.8 Å². The molecule has 0 radical (unpaired) electrons. The molecule has 0 saturated heterocycles. The monoisotopic (exact) mass is 263 g/mol. The van der Waals surface area contributed by atoms with Gasteiger partial charge in [0.25, 0.3) is 0 Å². The zero-order valence-corrected chi connectivity index (χ0v) is 10.8. The molecular formula is C12H8OPS2-. The van der Waals surface area contributed by atoms with Crippen molar-refractivity contribution in [2.45, 2.75) is 0 Å². The summed E-state index contributed by atoms with van der Waals surface area (Å²) in [5.74, 6) is 0.819. The van der Waals surface area contributed by atoms with Gasteiger partial charge in [-0.05, 0) is 11.6 Å². The van der Waals surface area contributed by atoms with Crippen LogP contribution in [0.25, 0.3) is 11.1 Å². The summed E-state index contributed by atoms with van der Waals surface area (Å²) < 4.78 is 5.79. The van der Waals surface area contributed by atoms with Crippen LogP contribution in [0.4, 0.5) is 0 Å². The average Bonchev–Trinajstić information content (AvgIpc) is 2.29. The minimum absolute atomic E-state index is 0.819. The van der Waals surface area contributed by atoms with E-state index in [-0.39, 0.29) is 0 Å². The van der Waals surface area contributed by atoms with Crippen LogP contribution in [0.5, 0.6) is 5.75 Å². The van der Waals surface area contributed by atoms with Crippen LogP contribution in [-0.4, -0.2) is 0 Å². The number of rotatable bonds is 0. The van der Waals surface area contributed by atoms with Gasteiger partial charge in [0.1, 0.15) is 5.75 Å². The van der Waals surface area contributed by atoms with Crippen LogP contribution < -0.4 is 9.83 Å². The molecule has 0 spiro atoms. The molecule has 0 N–H and O–H groups in total. The Morgan fingerprint density at radius 3 is 2.38 bits per heavy atom. The van der Waals surface area contributed by atoms with Crippen molar-refractivity contribution in [3.63, 3.8) is 0 Å². The molecule has 80 valence electrons. The maximum atomic E-state index is 5.79. The zero-order valence-electron chi connectivity index (χ0n) is 8.29. The van der Waals surface area contributed by atoms with E-state index in [2.05, 4.69) is 6.07 Å². The van der Waals surface area contributed by atoms with E-state index in [0.717, 1.165) is 22.2 Å². The van der Waals surface area contributed by atoms with Crippen molar-refractivity contribution in [2.24, 2.45) is 0 Å². The Bertz CT molecular complexity index is 609. The summed E-state index contributed by atoms with van der Waals surface area (Å²) in [6.07, 6.45) is 0. The number of hydrogen-bond donors (Lipinski definition) is 0. The molecular weight excluding hydrogens is 255 g/mol. The number of fused-ring (bicyclic) bond motifs is 3. The van der Waals surface area contributed by atoms with Gasteiger partial charge in [0.2, 0.25) is 0 Å². The quantitative estimate of drug-likeness (QED) is 0.533. The highest BCUT2D eigenvalue weighted by molar-refractivity contribution is 8.56. The molecule has 1 unspecified atom stereocenters. The van der Waals surface area contributed by atoms with Crippen LogP contribution in [0.3, 0.4) is 0 Å². The summed E-state index contributed by atoms with van der Waals surface area (Å²) in [6, 6.07) is 15.9. The van der Waals surface area contributed by atoms with Crippen LogP contribution >= 0.6 is 5.47 Å². The molecule has 2 aromatic carbocycles. The molecule has 3 rings (SSSR count). The maximum Gasteiger partial charge on any atom is 0.129 e. The lowest BCUT2D eigenvalue weighted by Gasteiger charge is -2.36. The second kappa shape index (κ2) is 3.63. The van der Waals surface area contributed by atoms with Crippen molar-refractivity contribution in [1.29, 1.82) is 0 Å². The number of hydrogen-bond acceptors (Lipinski definition) is 3. The van der Waals surface area contributed by atoms with Crippen molar-refractivity contribution < 1.29 is 4.52 Å². The fraction of sp³-hybridized carbons (Fsp3) is 0. The topological polar surface area (TPSA) is 9.23 Å². The lowest BCUT2D eigenvalue weighted by atomic mass is 10.0. The first-order valence-electron chi connectivity index (χ1n) is 4.88. The summed E-state index contributed by atoms with van der Waals surface area (Å²) in [5.41, 5.74) is -0.0783. The molecule has 0 aliphatic carbocycles. The molecule has 2 aromatic rings. The van der Waals surface area contributed by atoms with E-state index in [4.69, 9.17) is 28.6 Å². The molecule has 4 heteroatoms. The fourth-order valence-electron chi connectivity index (χ4n) is 1.89. The average molecular weight is 263 g/mol. The van der Waals surface area contributed by atoms with Crippen molar-refractivity contribution in [3.8, 4) is 16.9 Å². The van der Waals surface area contributed by atoms with Crippen LogP contribution in [0.2, 0.25) is 0 Å². The van der Waals surface area contributed by atoms with Gasteiger partial charge in [-0.25, -0.2) is 0 Å².